The Morgan fingerprint density at radius 1 is 1.45 bits per heavy atom. The lowest BCUT2D eigenvalue weighted by Gasteiger charge is -2.08. The number of aliphatic hydroxyl groups is 1. The molecular weight excluding hydrogens is 290 g/mol. The van der Waals surface area contributed by atoms with E-state index in [1.807, 2.05) is 0 Å². The van der Waals surface area contributed by atoms with E-state index in [0.29, 0.717) is 0 Å². The molecule has 20 heavy (non-hydrogen) atoms. The van der Waals surface area contributed by atoms with E-state index >= 15 is 0 Å². The van der Waals surface area contributed by atoms with Crippen molar-refractivity contribution < 1.29 is 27.5 Å². The minimum Gasteiger partial charge on any atom is -0.438 e. The summed E-state index contributed by atoms with van der Waals surface area (Å²) in [6, 6.07) is 2.30. The van der Waals surface area contributed by atoms with Gasteiger partial charge in [-0.1, -0.05) is 0 Å². The van der Waals surface area contributed by atoms with Gasteiger partial charge in [-0.05, 0) is 12.1 Å². The molecule has 1 aromatic heterocycles. The normalized spacial score (nSPS) is 13.2. The van der Waals surface area contributed by atoms with Gasteiger partial charge in [0.15, 0.2) is 5.76 Å². The van der Waals surface area contributed by atoms with Gasteiger partial charge in [0.25, 0.3) is 15.9 Å². The summed E-state index contributed by atoms with van der Waals surface area (Å²) in [6.45, 7) is -0.398. The predicted molar refractivity (Wildman–Crippen MR) is 67.1 cm³/mol. The molecular formula is C10H15N3O6S. The number of furan rings is 1. The van der Waals surface area contributed by atoms with Crippen LogP contribution in [-0.4, -0.2) is 56.4 Å². The van der Waals surface area contributed by atoms with Gasteiger partial charge < -0.3 is 20.6 Å². The van der Waals surface area contributed by atoms with Crippen LogP contribution in [0.25, 0.3) is 0 Å². The summed E-state index contributed by atoms with van der Waals surface area (Å²) in [5.74, 6) is -2.02. The fraction of sp³-hybridized carbons (Fsp3) is 0.400. The lowest BCUT2D eigenvalue weighted by molar-refractivity contribution is -0.125. The number of carbonyl (C=O) groups excluding carboxylic acids is 2. The molecule has 1 atom stereocenters. The molecule has 0 spiro atoms. The summed E-state index contributed by atoms with van der Waals surface area (Å²) in [5, 5.41) is 10.9. The molecule has 0 bridgehead atoms. The van der Waals surface area contributed by atoms with E-state index in [4.69, 9.17) is 15.3 Å². The Kier molecular flexibility index (Phi) is 4.87. The quantitative estimate of drug-likeness (QED) is 0.560. The predicted octanol–water partition coefficient (Wildman–Crippen LogP) is -1.89. The maximum absolute atomic E-state index is 11.7. The largest absolute Gasteiger partial charge is 0.438 e. The standard InChI is InChI=1S/C10H15N3O6S/c1-13(2)20(17,18)8-4-3-7(19-8)10(16)12-5-6(14)9(11)15/h3-4,6,14H,5H2,1-2H3,(H2,11,15)(H,12,16). The molecule has 0 aliphatic rings. The van der Waals surface area contributed by atoms with E-state index in [0.717, 1.165) is 10.4 Å². The molecule has 1 rings (SSSR count). The van der Waals surface area contributed by atoms with Gasteiger partial charge in [0.2, 0.25) is 11.0 Å². The lowest BCUT2D eigenvalue weighted by Crippen LogP contribution is -2.39. The molecule has 9 nitrogen and oxygen atoms in total. The SMILES string of the molecule is CN(C)S(=O)(=O)c1ccc(C(=O)NCC(O)C(N)=O)o1. The fourth-order valence-electron chi connectivity index (χ4n) is 1.14. The van der Waals surface area contributed by atoms with Crippen LogP contribution >= 0.6 is 0 Å². The number of nitrogens with zero attached hydrogens (tertiary/aromatic N) is 1. The van der Waals surface area contributed by atoms with E-state index in [1.54, 1.807) is 0 Å². The third kappa shape index (κ3) is 3.56. The summed E-state index contributed by atoms with van der Waals surface area (Å²) in [7, 11) is -1.13. The molecule has 0 saturated heterocycles. The minimum atomic E-state index is -3.77. The van der Waals surface area contributed by atoms with Crippen molar-refractivity contribution in [2.24, 2.45) is 5.73 Å². The highest BCUT2D eigenvalue weighted by Crippen LogP contribution is 2.16. The zero-order chi connectivity index (χ0) is 15.5. The van der Waals surface area contributed by atoms with Gasteiger partial charge in [0, 0.05) is 14.1 Å². The second-order valence-electron chi connectivity index (χ2n) is 4.03. The van der Waals surface area contributed by atoms with E-state index in [1.165, 1.54) is 20.2 Å². The monoisotopic (exact) mass is 305 g/mol. The summed E-state index contributed by atoms with van der Waals surface area (Å²) in [6.07, 6.45) is -1.53. The van der Waals surface area contributed by atoms with Crippen molar-refractivity contribution in [3.63, 3.8) is 0 Å². The third-order valence-electron chi connectivity index (χ3n) is 2.32. The topological polar surface area (TPSA) is 143 Å². The van der Waals surface area contributed by atoms with Crippen molar-refractivity contribution in [2.45, 2.75) is 11.2 Å². The Hall–Kier alpha value is -1.91. The van der Waals surface area contributed by atoms with Crippen molar-refractivity contribution in [2.75, 3.05) is 20.6 Å². The number of aliphatic hydroxyl groups excluding tert-OH is 1. The Morgan fingerprint density at radius 2 is 2.05 bits per heavy atom. The second-order valence-corrected chi connectivity index (χ2v) is 6.12. The van der Waals surface area contributed by atoms with Gasteiger partial charge >= 0.3 is 0 Å². The van der Waals surface area contributed by atoms with Crippen molar-refractivity contribution in [3.8, 4) is 0 Å². The molecule has 2 amide bonds. The summed E-state index contributed by atoms with van der Waals surface area (Å²) in [4.78, 5) is 22.2. The molecule has 0 aromatic carbocycles. The van der Waals surface area contributed by atoms with Crippen molar-refractivity contribution in [3.05, 3.63) is 17.9 Å². The average molecular weight is 305 g/mol. The van der Waals surface area contributed by atoms with Gasteiger partial charge in [0.05, 0.1) is 6.54 Å². The average Bonchev–Trinajstić information content (AvgIpc) is 2.85. The summed E-state index contributed by atoms with van der Waals surface area (Å²) >= 11 is 0. The first-order chi connectivity index (χ1) is 9.16. The van der Waals surface area contributed by atoms with E-state index in [2.05, 4.69) is 5.32 Å². The molecule has 112 valence electrons. The summed E-state index contributed by atoms with van der Waals surface area (Å²) < 4.78 is 29.3. The van der Waals surface area contributed by atoms with Gasteiger partial charge in [-0.25, -0.2) is 12.7 Å². The first kappa shape index (κ1) is 16.1. The molecule has 0 saturated carbocycles. The number of rotatable bonds is 6. The maximum Gasteiger partial charge on any atom is 0.287 e. The van der Waals surface area contributed by atoms with Crippen LogP contribution in [-0.2, 0) is 14.8 Å². The molecule has 0 fully saturated rings. The maximum atomic E-state index is 11.7. The number of nitrogens with one attached hydrogen (secondary N) is 1. The minimum absolute atomic E-state index is 0.262. The van der Waals surface area contributed by atoms with Crippen LogP contribution in [0.15, 0.2) is 21.6 Å². The van der Waals surface area contributed by atoms with Crippen molar-refractivity contribution >= 4 is 21.8 Å². The third-order valence-corrected chi connectivity index (χ3v) is 4.01. The molecule has 4 N–H and O–H groups in total. The number of hydrogen-bond donors (Lipinski definition) is 3. The molecule has 1 unspecified atom stereocenters. The van der Waals surface area contributed by atoms with Crippen molar-refractivity contribution in [1.29, 1.82) is 0 Å². The number of nitrogens with two attached hydrogens (primary N) is 1. The molecule has 10 heteroatoms. The van der Waals surface area contributed by atoms with Gasteiger partial charge in [-0.15, -0.1) is 0 Å². The molecule has 0 aliphatic carbocycles. The molecule has 0 aliphatic heterocycles. The highest BCUT2D eigenvalue weighted by Gasteiger charge is 2.23. The first-order valence-electron chi connectivity index (χ1n) is 5.44. The van der Waals surface area contributed by atoms with Gasteiger partial charge in [-0.2, -0.15) is 0 Å². The van der Waals surface area contributed by atoms with E-state index in [-0.39, 0.29) is 10.9 Å². The number of carbonyl (C=O) groups is 2. The molecule has 1 heterocycles. The van der Waals surface area contributed by atoms with Crippen LogP contribution in [0, 0.1) is 0 Å². The number of amides is 2. The van der Waals surface area contributed by atoms with Crippen LogP contribution in [0.5, 0.6) is 0 Å². The fourth-order valence-corrected chi connectivity index (χ4v) is 1.93. The summed E-state index contributed by atoms with van der Waals surface area (Å²) in [5.41, 5.74) is 4.81. The zero-order valence-electron chi connectivity index (χ0n) is 10.9. The molecule has 0 radical (unpaired) electrons. The number of hydrogen-bond acceptors (Lipinski definition) is 6. The number of primary amides is 1. The molecule has 1 aromatic rings. The van der Waals surface area contributed by atoms with Crippen LogP contribution < -0.4 is 11.1 Å². The highest BCUT2D eigenvalue weighted by atomic mass is 32.2. The Bertz CT molecular complexity index is 606. The highest BCUT2D eigenvalue weighted by molar-refractivity contribution is 7.88. The van der Waals surface area contributed by atoms with E-state index in [9.17, 15) is 18.0 Å². The van der Waals surface area contributed by atoms with E-state index < -0.39 is 34.5 Å². The van der Waals surface area contributed by atoms with Gasteiger partial charge in [0.1, 0.15) is 6.10 Å². The second kappa shape index (κ2) is 6.03. The Balaban J connectivity index is 2.78. The first-order valence-corrected chi connectivity index (χ1v) is 6.88. The van der Waals surface area contributed by atoms with Crippen molar-refractivity contribution in [1.82, 2.24) is 9.62 Å². The van der Waals surface area contributed by atoms with Gasteiger partial charge in [-0.3, -0.25) is 9.59 Å². The van der Waals surface area contributed by atoms with Crippen LogP contribution in [0.1, 0.15) is 10.6 Å². The van der Waals surface area contributed by atoms with Crippen LogP contribution in [0.3, 0.4) is 0 Å². The lowest BCUT2D eigenvalue weighted by atomic mass is 10.3. The smallest absolute Gasteiger partial charge is 0.287 e. The Labute approximate surface area is 115 Å². The zero-order valence-corrected chi connectivity index (χ0v) is 11.7. The van der Waals surface area contributed by atoms with Crippen LogP contribution in [0.2, 0.25) is 0 Å². The Morgan fingerprint density at radius 3 is 2.55 bits per heavy atom. The number of sulfonamides is 1. The van der Waals surface area contributed by atoms with Crippen LogP contribution in [0.4, 0.5) is 0 Å².